The maximum Gasteiger partial charge on any atom is 0.294 e. The topological polar surface area (TPSA) is 93.1 Å². The van der Waals surface area contributed by atoms with Gasteiger partial charge in [0.05, 0.1) is 23.1 Å². The molecule has 0 aliphatic heterocycles. The summed E-state index contributed by atoms with van der Waals surface area (Å²) in [5.74, 6) is -2.63. The molecule has 1 aliphatic carbocycles. The van der Waals surface area contributed by atoms with E-state index in [1.165, 1.54) is 23.8 Å². The number of hydrogen-bond acceptors (Lipinski definition) is 4. The van der Waals surface area contributed by atoms with Crippen LogP contribution >= 0.6 is 0 Å². The van der Waals surface area contributed by atoms with Gasteiger partial charge in [-0.3, -0.25) is 14.4 Å². The minimum absolute atomic E-state index is 0.115. The molecule has 2 aromatic heterocycles. The van der Waals surface area contributed by atoms with Crippen LogP contribution in [0.2, 0.25) is 0 Å². The SMILES string of the molecule is Cc1cc(NC(=O)c2c(C)c(C(=O)C(=O)NC3CCC(C)(F)CC3)n(C)c2C)cnc1F. The lowest BCUT2D eigenvalue weighted by Gasteiger charge is -2.31. The average Bonchev–Trinajstić information content (AvgIpc) is 2.94. The molecule has 1 aliphatic rings. The molecule has 2 aromatic rings. The van der Waals surface area contributed by atoms with Gasteiger partial charge in [-0.2, -0.15) is 4.39 Å². The third-order valence-electron chi connectivity index (χ3n) is 6.21. The molecule has 7 nitrogen and oxygen atoms in total. The summed E-state index contributed by atoms with van der Waals surface area (Å²) in [5.41, 5.74) is 0.620. The van der Waals surface area contributed by atoms with Crippen molar-refractivity contribution in [3.63, 3.8) is 0 Å². The van der Waals surface area contributed by atoms with Crippen LogP contribution in [0, 0.1) is 26.7 Å². The fourth-order valence-corrected chi connectivity index (χ4v) is 4.18. The molecule has 3 rings (SSSR count). The van der Waals surface area contributed by atoms with E-state index in [4.69, 9.17) is 0 Å². The Balaban J connectivity index is 1.78. The van der Waals surface area contributed by atoms with Crippen LogP contribution in [0.4, 0.5) is 14.5 Å². The number of ketones is 1. The van der Waals surface area contributed by atoms with Crippen molar-refractivity contribution in [1.82, 2.24) is 14.9 Å². The van der Waals surface area contributed by atoms with Gasteiger partial charge < -0.3 is 15.2 Å². The fraction of sp³-hybridized carbons (Fsp3) is 0.478. The molecule has 1 saturated carbocycles. The lowest BCUT2D eigenvalue weighted by Crippen LogP contribution is -2.43. The summed E-state index contributed by atoms with van der Waals surface area (Å²) >= 11 is 0. The van der Waals surface area contributed by atoms with Crippen molar-refractivity contribution < 1.29 is 23.2 Å². The molecule has 2 amide bonds. The molecule has 2 N–H and O–H groups in total. The molecule has 172 valence electrons. The quantitative estimate of drug-likeness (QED) is 0.416. The van der Waals surface area contributed by atoms with Crippen molar-refractivity contribution in [3.8, 4) is 0 Å². The number of aryl methyl sites for hydroxylation is 1. The summed E-state index contributed by atoms with van der Waals surface area (Å²) in [6, 6.07) is 1.20. The van der Waals surface area contributed by atoms with Gasteiger partial charge in [0, 0.05) is 24.3 Å². The van der Waals surface area contributed by atoms with Crippen molar-refractivity contribution in [2.75, 3.05) is 5.32 Å². The van der Waals surface area contributed by atoms with Gasteiger partial charge in [0.25, 0.3) is 17.6 Å². The highest BCUT2D eigenvalue weighted by Gasteiger charge is 2.34. The van der Waals surface area contributed by atoms with Crippen molar-refractivity contribution >= 4 is 23.3 Å². The van der Waals surface area contributed by atoms with Gasteiger partial charge >= 0.3 is 0 Å². The summed E-state index contributed by atoms with van der Waals surface area (Å²) in [4.78, 5) is 42.0. The zero-order valence-corrected chi connectivity index (χ0v) is 18.9. The molecule has 0 aromatic carbocycles. The molecule has 0 atom stereocenters. The van der Waals surface area contributed by atoms with Gasteiger partial charge in [-0.15, -0.1) is 0 Å². The van der Waals surface area contributed by atoms with E-state index in [0.29, 0.717) is 42.6 Å². The van der Waals surface area contributed by atoms with Gasteiger partial charge in [-0.1, -0.05) is 0 Å². The number of hydrogen-bond donors (Lipinski definition) is 2. The first-order valence-corrected chi connectivity index (χ1v) is 10.5. The number of rotatable bonds is 5. The first-order valence-electron chi connectivity index (χ1n) is 10.5. The predicted molar refractivity (Wildman–Crippen MR) is 116 cm³/mol. The van der Waals surface area contributed by atoms with E-state index in [1.54, 1.807) is 27.8 Å². The molecule has 0 radical (unpaired) electrons. The highest BCUT2D eigenvalue weighted by molar-refractivity contribution is 6.43. The Labute approximate surface area is 185 Å². The molecule has 2 heterocycles. The second kappa shape index (κ2) is 8.80. The lowest BCUT2D eigenvalue weighted by atomic mass is 9.85. The number of amides is 2. The third kappa shape index (κ3) is 4.71. The smallest absolute Gasteiger partial charge is 0.294 e. The zero-order valence-electron chi connectivity index (χ0n) is 18.9. The van der Waals surface area contributed by atoms with Gasteiger partial charge in [0.2, 0.25) is 5.95 Å². The standard InChI is InChI=1S/C23H28F2N4O3/c1-12-10-16(11-26-20(12)24)28-21(31)17-13(2)18(29(5)14(17)3)19(30)22(32)27-15-6-8-23(4,25)9-7-15/h10-11,15H,6-9H2,1-5H3,(H,27,32)(H,28,31). The average molecular weight is 446 g/mol. The van der Waals surface area contributed by atoms with Crippen molar-refractivity contribution in [1.29, 1.82) is 0 Å². The monoisotopic (exact) mass is 446 g/mol. The molecule has 0 saturated heterocycles. The predicted octanol–water partition coefficient (Wildman–Crippen LogP) is 3.71. The maximum absolute atomic E-state index is 14.0. The molecule has 9 heteroatoms. The Bertz CT molecular complexity index is 1080. The number of nitrogens with zero attached hydrogens (tertiary/aromatic N) is 2. The van der Waals surface area contributed by atoms with E-state index in [1.807, 2.05) is 0 Å². The largest absolute Gasteiger partial charge is 0.346 e. The van der Waals surface area contributed by atoms with Gasteiger partial charge in [-0.25, -0.2) is 9.37 Å². The van der Waals surface area contributed by atoms with Crippen LogP contribution < -0.4 is 10.6 Å². The van der Waals surface area contributed by atoms with Crippen molar-refractivity contribution in [3.05, 3.63) is 46.3 Å². The van der Waals surface area contributed by atoms with Crippen LogP contribution in [0.5, 0.6) is 0 Å². The molecule has 1 fully saturated rings. The molecular formula is C23H28F2N4O3. The van der Waals surface area contributed by atoms with Crippen LogP contribution in [0.25, 0.3) is 0 Å². The first-order chi connectivity index (χ1) is 14.9. The second-order valence-electron chi connectivity index (χ2n) is 8.77. The summed E-state index contributed by atoms with van der Waals surface area (Å²) in [6.45, 7) is 6.36. The van der Waals surface area contributed by atoms with E-state index >= 15 is 0 Å². The van der Waals surface area contributed by atoms with Crippen molar-refractivity contribution in [2.45, 2.75) is 65.1 Å². The lowest BCUT2D eigenvalue weighted by molar-refractivity contribution is -0.118. The Kier molecular flexibility index (Phi) is 6.48. The molecular weight excluding hydrogens is 418 g/mol. The normalized spacial score (nSPS) is 20.7. The molecule has 32 heavy (non-hydrogen) atoms. The summed E-state index contributed by atoms with van der Waals surface area (Å²) in [7, 11) is 1.61. The zero-order chi connectivity index (χ0) is 23.8. The summed E-state index contributed by atoms with van der Waals surface area (Å²) in [6.07, 6.45) is 2.80. The minimum atomic E-state index is -1.24. The number of anilines is 1. The fourth-order valence-electron chi connectivity index (χ4n) is 4.18. The molecule has 0 unspecified atom stereocenters. The van der Waals surface area contributed by atoms with Crippen LogP contribution in [0.1, 0.15) is 70.3 Å². The summed E-state index contributed by atoms with van der Waals surface area (Å²) in [5, 5.41) is 5.37. The second-order valence-corrected chi connectivity index (χ2v) is 8.77. The number of Topliss-reactive ketones (excluding diaryl/α,β-unsaturated/α-hetero) is 1. The number of pyridine rings is 1. The maximum atomic E-state index is 14.0. The third-order valence-corrected chi connectivity index (χ3v) is 6.21. The number of carbonyl (C=O) groups is 3. The number of aromatic nitrogens is 2. The highest BCUT2D eigenvalue weighted by Crippen LogP contribution is 2.31. The highest BCUT2D eigenvalue weighted by atomic mass is 19.1. The molecule has 0 spiro atoms. The number of carbonyl (C=O) groups excluding carboxylic acids is 3. The Hall–Kier alpha value is -3.10. The number of halogens is 2. The number of nitrogens with one attached hydrogen (secondary N) is 2. The van der Waals surface area contributed by atoms with Gasteiger partial charge in [0.15, 0.2) is 0 Å². The van der Waals surface area contributed by atoms with E-state index in [2.05, 4.69) is 15.6 Å². The minimum Gasteiger partial charge on any atom is -0.346 e. The number of alkyl halides is 1. The van der Waals surface area contributed by atoms with Gasteiger partial charge in [0.1, 0.15) is 5.67 Å². The van der Waals surface area contributed by atoms with Crippen molar-refractivity contribution in [2.24, 2.45) is 7.05 Å². The van der Waals surface area contributed by atoms with Crippen LogP contribution in [0.3, 0.4) is 0 Å². The van der Waals surface area contributed by atoms with E-state index in [0.717, 1.165) is 0 Å². The Morgan fingerprint density at radius 3 is 2.41 bits per heavy atom. The molecule has 0 bridgehead atoms. The Morgan fingerprint density at radius 1 is 1.19 bits per heavy atom. The van der Waals surface area contributed by atoms with Crippen LogP contribution in [-0.4, -0.2) is 38.9 Å². The van der Waals surface area contributed by atoms with Crippen LogP contribution in [0.15, 0.2) is 12.3 Å². The van der Waals surface area contributed by atoms with Gasteiger partial charge in [-0.05, 0) is 65.0 Å². The van der Waals surface area contributed by atoms with E-state index < -0.39 is 29.2 Å². The first kappa shape index (κ1) is 23.6. The summed E-state index contributed by atoms with van der Waals surface area (Å²) < 4.78 is 28.9. The van der Waals surface area contributed by atoms with E-state index in [9.17, 15) is 23.2 Å². The Morgan fingerprint density at radius 2 is 1.81 bits per heavy atom. The van der Waals surface area contributed by atoms with E-state index in [-0.39, 0.29) is 22.9 Å². The van der Waals surface area contributed by atoms with Crippen LogP contribution in [-0.2, 0) is 11.8 Å².